The summed E-state index contributed by atoms with van der Waals surface area (Å²) in [5.41, 5.74) is -1.62. The Morgan fingerprint density at radius 1 is 1.36 bits per heavy atom. The lowest BCUT2D eigenvalue weighted by Crippen LogP contribution is -2.44. The summed E-state index contributed by atoms with van der Waals surface area (Å²) in [5, 5.41) is 17.9. The van der Waals surface area contributed by atoms with Crippen LogP contribution in [-0.2, 0) is 15.6 Å². The zero-order valence-electron chi connectivity index (χ0n) is 5.95. The molecule has 4 nitrogen and oxygen atoms in total. The maximum atomic E-state index is 10.8. The molecule has 0 saturated carbocycles. The largest absolute Gasteiger partial charge is 0.479 e. The standard InChI is InChI=1S/C6H10O4S/c7-5(8)6(9)1-3-11(10)4-2-6/h9H,1-4H2,(H,7,8). The normalized spacial score (nSPS) is 38.5. The molecule has 1 aliphatic rings. The van der Waals surface area contributed by atoms with Gasteiger partial charge in [0.05, 0.1) is 0 Å². The van der Waals surface area contributed by atoms with Crippen LogP contribution in [-0.4, -0.2) is 37.5 Å². The highest BCUT2D eigenvalue weighted by Crippen LogP contribution is 2.21. The Labute approximate surface area is 66.7 Å². The molecule has 0 bridgehead atoms. The molecule has 2 N–H and O–H groups in total. The molecule has 0 amide bonds. The topological polar surface area (TPSA) is 74.6 Å². The summed E-state index contributed by atoms with van der Waals surface area (Å²) in [7, 11) is -0.927. The Morgan fingerprint density at radius 2 is 1.82 bits per heavy atom. The van der Waals surface area contributed by atoms with Crippen LogP contribution < -0.4 is 0 Å². The second kappa shape index (κ2) is 2.91. The highest BCUT2D eigenvalue weighted by molar-refractivity contribution is 7.85. The van der Waals surface area contributed by atoms with Crippen molar-refractivity contribution < 1.29 is 19.2 Å². The fourth-order valence-corrected chi connectivity index (χ4v) is 2.34. The zero-order valence-corrected chi connectivity index (χ0v) is 6.76. The minimum Gasteiger partial charge on any atom is -0.479 e. The van der Waals surface area contributed by atoms with Crippen molar-refractivity contribution in [2.45, 2.75) is 18.4 Å². The van der Waals surface area contributed by atoms with E-state index in [-0.39, 0.29) is 12.8 Å². The second-order valence-electron chi connectivity index (χ2n) is 2.68. The van der Waals surface area contributed by atoms with E-state index in [4.69, 9.17) is 5.11 Å². The number of aliphatic hydroxyl groups is 1. The molecule has 0 atom stereocenters. The molecular weight excluding hydrogens is 168 g/mol. The molecular formula is C6H10O4S. The minimum absolute atomic E-state index is 0.106. The average molecular weight is 178 g/mol. The molecule has 0 aliphatic carbocycles. The van der Waals surface area contributed by atoms with E-state index < -0.39 is 22.4 Å². The van der Waals surface area contributed by atoms with Crippen LogP contribution in [0.25, 0.3) is 0 Å². The van der Waals surface area contributed by atoms with E-state index in [0.29, 0.717) is 11.5 Å². The second-order valence-corrected chi connectivity index (χ2v) is 4.38. The summed E-state index contributed by atoms with van der Waals surface area (Å²) in [6, 6.07) is 0. The Morgan fingerprint density at radius 3 is 2.18 bits per heavy atom. The third-order valence-electron chi connectivity index (χ3n) is 1.88. The molecule has 64 valence electrons. The van der Waals surface area contributed by atoms with Crippen LogP contribution in [0.1, 0.15) is 12.8 Å². The van der Waals surface area contributed by atoms with Gasteiger partial charge in [-0.15, -0.1) is 0 Å². The van der Waals surface area contributed by atoms with E-state index in [2.05, 4.69) is 0 Å². The highest BCUT2D eigenvalue weighted by Gasteiger charge is 2.38. The van der Waals surface area contributed by atoms with Crippen molar-refractivity contribution in [1.29, 1.82) is 0 Å². The van der Waals surface area contributed by atoms with E-state index in [0.717, 1.165) is 0 Å². The van der Waals surface area contributed by atoms with Gasteiger partial charge in [0.1, 0.15) is 0 Å². The van der Waals surface area contributed by atoms with Crippen LogP contribution in [0.3, 0.4) is 0 Å². The predicted molar refractivity (Wildman–Crippen MR) is 39.7 cm³/mol. The molecule has 0 spiro atoms. The van der Waals surface area contributed by atoms with Crippen LogP contribution >= 0.6 is 0 Å². The van der Waals surface area contributed by atoms with Gasteiger partial charge in [0.15, 0.2) is 5.60 Å². The molecule has 1 rings (SSSR count). The summed E-state index contributed by atoms with van der Waals surface area (Å²) < 4.78 is 10.8. The van der Waals surface area contributed by atoms with Crippen LogP contribution in [0, 0.1) is 0 Å². The zero-order chi connectivity index (χ0) is 8.48. The van der Waals surface area contributed by atoms with Crippen LogP contribution in [0.4, 0.5) is 0 Å². The lowest BCUT2D eigenvalue weighted by Gasteiger charge is -2.26. The van der Waals surface area contributed by atoms with Crippen LogP contribution in [0.15, 0.2) is 0 Å². The number of hydrogen-bond donors (Lipinski definition) is 2. The van der Waals surface area contributed by atoms with Crippen molar-refractivity contribution in [1.82, 2.24) is 0 Å². The average Bonchev–Trinajstić information content (AvgIpc) is 1.95. The van der Waals surface area contributed by atoms with Gasteiger partial charge in [-0.05, 0) is 12.8 Å². The molecule has 0 radical (unpaired) electrons. The molecule has 0 aromatic rings. The number of aliphatic carboxylic acids is 1. The predicted octanol–water partition coefficient (Wildman–Crippen LogP) is -0.655. The number of carbonyl (C=O) groups is 1. The summed E-state index contributed by atoms with van der Waals surface area (Å²) in [5.74, 6) is -0.611. The van der Waals surface area contributed by atoms with Crippen LogP contribution in [0.5, 0.6) is 0 Å². The van der Waals surface area contributed by atoms with Crippen molar-refractivity contribution in [2.75, 3.05) is 11.5 Å². The fourth-order valence-electron chi connectivity index (χ4n) is 1.01. The van der Waals surface area contributed by atoms with Gasteiger partial charge in [-0.25, -0.2) is 4.79 Å². The van der Waals surface area contributed by atoms with Crippen molar-refractivity contribution in [3.63, 3.8) is 0 Å². The maximum absolute atomic E-state index is 10.8. The van der Waals surface area contributed by atoms with Crippen molar-refractivity contribution in [2.24, 2.45) is 0 Å². The highest BCUT2D eigenvalue weighted by atomic mass is 32.2. The molecule has 0 aromatic heterocycles. The molecule has 0 aromatic carbocycles. The van der Waals surface area contributed by atoms with Gasteiger partial charge in [-0.1, -0.05) is 0 Å². The molecule has 0 unspecified atom stereocenters. The Kier molecular flexibility index (Phi) is 2.29. The summed E-state index contributed by atoms with van der Waals surface area (Å²) >= 11 is 0. The third-order valence-corrected chi connectivity index (χ3v) is 3.20. The Balaban J connectivity index is 2.62. The van der Waals surface area contributed by atoms with E-state index in [1.807, 2.05) is 0 Å². The SMILES string of the molecule is O=C(O)C1(O)CCS(=O)CC1. The van der Waals surface area contributed by atoms with Gasteiger partial charge in [-0.3, -0.25) is 4.21 Å². The summed E-state index contributed by atoms with van der Waals surface area (Å²) in [6.45, 7) is 0. The molecule has 1 heterocycles. The number of carboxylic acid groups (broad SMARTS) is 1. The number of rotatable bonds is 1. The Hall–Kier alpha value is -0.420. The smallest absolute Gasteiger partial charge is 0.335 e. The maximum Gasteiger partial charge on any atom is 0.335 e. The van der Waals surface area contributed by atoms with E-state index >= 15 is 0 Å². The van der Waals surface area contributed by atoms with E-state index in [1.54, 1.807) is 0 Å². The monoisotopic (exact) mass is 178 g/mol. The summed E-state index contributed by atoms with van der Waals surface area (Å²) in [4.78, 5) is 10.4. The van der Waals surface area contributed by atoms with Crippen molar-refractivity contribution >= 4 is 16.8 Å². The van der Waals surface area contributed by atoms with E-state index in [1.165, 1.54) is 0 Å². The number of hydrogen-bond acceptors (Lipinski definition) is 3. The van der Waals surface area contributed by atoms with Gasteiger partial charge in [-0.2, -0.15) is 0 Å². The molecule has 1 fully saturated rings. The van der Waals surface area contributed by atoms with Gasteiger partial charge in [0, 0.05) is 22.3 Å². The lowest BCUT2D eigenvalue weighted by atomic mass is 9.97. The Bertz CT molecular complexity index is 191. The molecule has 1 aliphatic heterocycles. The first-order valence-corrected chi connectivity index (χ1v) is 4.84. The minimum atomic E-state index is -1.62. The van der Waals surface area contributed by atoms with Crippen LogP contribution in [0.2, 0.25) is 0 Å². The first kappa shape index (κ1) is 8.67. The number of carboxylic acids is 1. The molecule has 11 heavy (non-hydrogen) atoms. The van der Waals surface area contributed by atoms with Crippen molar-refractivity contribution in [3.05, 3.63) is 0 Å². The summed E-state index contributed by atoms with van der Waals surface area (Å²) in [6.07, 6.45) is 0.212. The molecule has 5 heteroatoms. The first-order chi connectivity index (χ1) is 5.04. The van der Waals surface area contributed by atoms with Crippen molar-refractivity contribution in [3.8, 4) is 0 Å². The first-order valence-electron chi connectivity index (χ1n) is 3.35. The van der Waals surface area contributed by atoms with Gasteiger partial charge in [0.25, 0.3) is 0 Å². The lowest BCUT2D eigenvalue weighted by molar-refractivity contribution is -0.159. The fraction of sp³-hybridized carbons (Fsp3) is 0.833. The van der Waals surface area contributed by atoms with Gasteiger partial charge < -0.3 is 10.2 Å². The quantitative estimate of drug-likeness (QED) is 0.559. The van der Waals surface area contributed by atoms with Gasteiger partial charge >= 0.3 is 5.97 Å². The molecule has 1 saturated heterocycles. The third kappa shape index (κ3) is 1.78. The van der Waals surface area contributed by atoms with E-state index in [9.17, 15) is 14.1 Å². The van der Waals surface area contributed by atoms with Gasteiger partial charge in [0.2, 0.25) is 0 Å².